The Morgan fingerprint density at radius 3 is 2.79 bits per heavy atom. The molecule has 150 valence electrons. The molecule has 0 bridgehead atoms. The smallest absolute Gasteiger partial charge is 0.366 e. The summed E-state index contributed by atoms with van der Waals surface area (Å²) in [4.78, 5) is 21.9. The lowest BCUT2D eigenvalue weighted by Crippen LogP contribution is -2.27. The second-order valence-corrected chi connectivity index (χ2v) is 6.58. The monoisotopic (exact) mass is 393 g/mol. The van der Waals surface area contributed by atoms with Gasteiger partial charge in [0.2, 0.25) is 11.9 Å². The van der Waals surface area contributed by atoms with Gasteiger partial charge in [-0.1, -0.05) is 12.1 Å². The highest BCUT2D eigenvalue weighted by molar-refractivity contribution is 5.78. The molecule has 1 fully saturated rings. The first-order valence-electron chi connectivity index (χ1n) is 9.16. The van der Waals surface area contributed by atoms with Gasteiger partial charge in [0, 0.05) is 38.8 Å². The number of alkyl halides is 3. The summed E-state index contributed by atoms with van der Waals surface area (Å²) in [5.41, 5.74) is -0.161. The number of likely N-dealkylation sites (tertiary alicyclic amines) is 1. The topological polar surface area (TPSA) is 70.2 Å². The van der Waals surface area contributed by atoms with Gasteiger partial charge in [0.15, 0.2) is 0 Å². The first kappa shape index (κ1) is 19.9. The van der Waals surface area contributed by atoms with Crippen LogP contribution in [0.2, 0.25) is 0 Å². The number of aromatic nitrogens is 2. The van der Waals surface area contributed by atoms with Crippen LogP contribution >= 0.6 is 0 Å². The predicted octanol–water partition coefficient (Wildman–Crippen LogP) is 3.53. The number of hydrogen-bond acceptors (Lipinski definition) is 5. The number of carbonyl (C=O) groups is 1. The molecule has 28 heavy (non-hydrogen) atoms. The van der Waals surface area contributed by atoms with Gasteiger partial charge in [0.05, 0.1) is 5.56 Å². The Labute approximate surface area is 161 Å². The van der Waals surface area contributed by atoms with Crippen LogP contribution in [0.4, 0.5) is 24.9 Å². The van der Waals surface area contributed by atoms with Crippen molar-refractivity contribution in [3.05, 3.63) is 47.7 Å². The highest BCUT2D eigenvalue weighted by atomic mass is 19.4. The van der Waals surface area contributed by atoms with Crippen molar-refractivity contribution in [3.8, 4) is 0 Å². The highest BCUT2D eigenvalue weighted by Gasteiger charge is 2.30. The molecule has 2 heterocycles. The Kier molecular flexibility index (Phi) is 6.33. The van der Waals surface area contributed by atoms with E-state index in [-0.39, 0.29) is 12.5 Å². The zero-order valence-electron chi connectivity index (χ0n) is 15.3. The molecule has 0 aliphatic carbocycles. The lowest BCUT2D eigenvalue weighted by Gasteiger charge is -2.15. The Morgan fingerprint density at radius 1 is 1.18 bits per heavy atom. The summed E-state index contributed by atoms with van der Waals surface area (Å²) in [5, 5.41) is 6.11. The number of amides is 1. The second kappa shape index (κ2) is 8.90. The fourth-order valence-corrected chi connectivity index (χ4v) is 3.00. The molecular weight excluding hydrogens is 371 g/mol. The molecular formula is C19H22F3N5O. The summed E-state index contributed by atoms with van der Waals surface area (Å²) in [5.74, 6) is 1.16. The first-order chi connectivity index (χ1) is 13.4. The van der Waals surface area contributed by atoms with Gasteiger partial charge in [0.25, 0.3) is 0 Å². The van der Waals surface area contributed by atoms with Crippen LogP contribution in [-0.2, 0) is 17.5 Å². The molecule has 0 atom stereocenters. The van der Waals surface area contributed by atoms with Crippen LogP contribution < -0.4 is 10.6 Å². The minimum Gasteiger partial charge on any atom is -0.366 e. The third kappa shape index (κ3) is 5.58. The molecule has 0 unspecified atom stereocenters. The van der Waals surface area contributed by atoms with Crippen LogP contribution in [0.25, 0.3) is 0 Å². The van der Waals surface area contributed by atoms with Gasteiger partial charge in [-0.2, -0.15) is 18.2 Å². The van der Waals surface area contributed by atoms with Crippen molar-refractivity contribution < 1.29 is 18.0 Å². The fourth-order valence-electron chi connectivity index (χ4n) is 3.00. The maximum atomic E-state index is 12.8. The van der Waals surface area contributed by atoms with Crippen molar-refractivity contribution in [1.29, 1.82) is 0 Å². The number of carbonyl (C=O) groups excluding carboxylic acids is 1. The molecule has 0 saturated carbocycles. The van der Waals surface area contributed by atoms with Gasteiger partial charge >= 0.3 is 6.18 Å². The highest BCUT2D eigenvalue weighted by Crippen LogP contribution is 2.29. The number of nitrogens with one attached hydrogen (secondary N) is 2. The van der Waals surface area contributed by atoms with Gasteiger partial charge in [-0.3, -0.25) is 4.79 Å². The summed E-state index contributed by atoms with van der Waals surface area (Å²) >= 11 is 0. The minimum absolute atomic E-state index is 0.206. The zero-order valence-corrected chi connectivity index (χ0v) is 15.3. The van der Waals surface area contributed by atoms with E-state index < -0.39 is 11.7 Å². The number of halogens is 3. The third-order valence-electron chi connectivity index (χ3n) is 4.44. The molecule has 0 radical (unpaired) electrons. The number of anilines is 2. The zero-order chi connectivity index (χ0) is 20.0. The standard InChI is InChI=1S/C19H22F3N5O/c20-19(21,22)15-5-1-4-14(12-15)13-25-16-7-9-24-18(26-16)23-8-3-11-27-10-2-6-17(27)28/h1,4-5,7,9,12H,2-3,6,8,10-11,13H2,(H2,23,24,25,26). The van der Waals surface area contributed by atoms with E-state index in [1.807, 2.05) is 4.90 Å². The molecule has 1 aliphatic rings. The van der Waals surface area contributed by atoms with Crippen LogP contribution in [0, 0.1) is 0 Å². The van der Waals surface area contributed by atoms with Crippen molar-refractivity contribution in [2.45, 2.75) is 32.0 Å². The molecule has 0 spiro atoms. The van der Waals surface area contributed by atoms with E-state index in [1.54, 1.807) is 18.3 Å². The average molecular weight is 393 g/mol. The Balaban J connectivity index is 1.47. The van der Waals surface area contributed by atoms with E-state index >= 15 is 0 Å². The average Bonchev–Trinajstić information content (AvgIpc) is 3.08. The first-order valence-corrected chi connectivity index (χ1v) is 9.16. The van der Waals surface area contributed by atoms with E-state index in [0.29, 0.717) is 36.8 Å². The van der Waals surface area contributed by atoms with Crippen LogP contribution in [0.1, 0.15) is 30.4 Å². The molecule has 2 aromatic rings. The third-order valence-corrected chi connectivity index (χ3v) is 4.44. The molecule has 6 nitrogen and oxygen atoms in total. The number of hydrogen-bond donors (Lipinski definition) is 2. The molecule has 1 aromatic carbocycles. The Bertz CT molecular complexity index is 812. The maximum absolute atomic E-state index is 12.8. The Hall–Kier alpha value is -2.84. The molecule has 1 amide bonds. The lowest BCUT2D eigenvalue weighted by atomic mass is 10.1. The lowest BCUT2D eigenvalue weighted by molar-refractivity contribution is -0.137. The normalized spacial score (nSPS) is 14.4. The van der Waals surface area contributed by atoms with Gasteiger partial charge in [-0.25, -0.2) is 4.98 Å². The van der Waals surface area contributed by atoms with Crippen molar-refractivity contribution in [1.82, 2.24) is 14.9 Å². The quantitative estimate of drug-likeness (QED) is 0.672. The summed E-state index contributed by atoms with van der Waals surface area (Å²) in [7, 11) is 0. The van der Waals surface area contributed by atoms with Gasteiger partial charge in [-0.05, 0) is 36.6 Å². The predicted molar refractivity (Wildman–Crippen MR) is 99.7 cm³/mol. The van der Waals surface area contributed by atoms with Gasteiger partial charge < -0.3 is 15.5 Å². The molecule has 1 aliphatic heterocycles. The molecule has 9 heteroatoms. The van der Waals surface area contributed by atoms with Crippen molar-refractivity contribution in [3.63, 3.8) is 0 Å². The summed E-state index contributed by atoms with van der Waals surface area (Å²) in [6.45, 7) is 2.38. The van der Waals surface area contributed by atoms with E-state index in [2.05, 4.69) is 20.6 Å². The van der Waals surface area contributed by atoms with E-state index in [1.165, 1.54) is 6.07 Å². The molecule has 2 N–H and O–H groups in total. The molecule has 3 rings (SSSR count). The molecule has 1 aromatic heterocycles. The summed E-state index contributed by atoms with van der Waals surface area (Å²) in [6, 6.07) is 6.83. The summed E-state index contributed by atoms with van der Waals surface area (Å²) < 4.78 is 38.3. The van der Waals surface area contributed by atoms with Crippen molar-refractivity contribution in [2.24, 2.45) is 0 Å². The van der Waals surface area contributed by atoms with Crippen molar-refractivity contribution in [2.75, 3.05) is 30.3 Å². The largest absolute Gasteiger partial charge is 0.416 e. The minimum atomic E-state index is -4.36. The van der Waals surface area contributed by atoms with E-state index in [4.69, 9.17) is 0 Å². The Morgan fingerprint density at radius 2 is 2.04 bits per heavy atom. The molecule has 1 saturated heterocycles. The summed E-state index contributed by atoms with van der Waals surface area (Å²) in [6.07, 6.45) is -0.433. The second-order valence-electron chi connectivity index (χ2n) is 6.58. The van der Waals surface area contributed by atoms with Crippen LogP contribution in [0.3, 0.4) is 0 Å². The van der Waals surface area contributed by atoms with Gasteiger partial charge in [-0.15, -0.1) is 0 Å². The van der Waals surface area contributed by atoms with Crippen molar-refractivity contribution >= 4 is 17.7 Å². The SMILES string of the molecule is O=C1CCCN1CCCNc1nccc(NCc2cccc(C(F)(F)F)c2)n1. The number of benzene rings is 1. The number of rotatable bonds is 8. The van der Waals surface area contributed by atoms with Crippen LogP contribution in [0.15, 0.2) is 36.5 Å². The number of nitrogens with zero attached hydrogens (tertiary/aromatic N) is 3. The van der Waals surface area contributed by atoms with Crippen LogP contribution in [-0.4, -0.2) is 40.4 Å². The van der Waals surface area contributed by atoms with Gasteiger partial charge in [0.1, 0.15) is 5.82 Å². The van der Waals surface area contributed by atoms with E-state index in [9.17, 15) is 18.0 Å². The fraction of sp³-hybridized carbons (Fsp3) is 0.421. The van der Waals surface area contributed by atoms with E-state index in [0.717, 1.165) is 31.5 Å². The van der Waals surface area contributed by atoms with Crippen LogP contribution in [0.5, 0.6) is 0 Å². The maximum Gasteiger partial charge on any atom is 0.416 e.